The van der Waals surface area contributed by atoms with E-state index >= 15 is 0 Å². The number of hydrogen-bond acceptors (Lipinski definition) is 4. The van der Waals surface area contributed by atoms with E-state index in [1.54, 1.807) is 27.8 Å². The van der Waals surface area contributed by atoms with Gasteiger partial charge in [-0.3, -0.25) is 4.79 Å². The van der Waals surface area contributed by atoms with E-state index in [0.29, 0.717) is 12.1 Å². The fourth-order valence-corrected chi connectivity index (χ4v) is 6.40. The lowest BCUT2D eigenvalue weighted by Crippen LogP contribution is -2.43. The molecule has 1 fully saturated rings. The van der Waals surface area contributed by atoms with Crippen molar-refractivity contribution in [3.63, 3.8) is 0 Å². The van der Waals surface area contributed by atoms with Gasteiger partial charge in [0.05, 0.1) is 4.90 Å². The smallest absolute Gasteiger partial charge is 0.255 e. The lowest BCUT2D eigenvalue weighted by molar-refractivity contribution is 0.102. The molecule has 2 heterocycles. The lowest BCUT2D eigenvalue weighted by Gasteiger charge is -2.34. The van der Waals surface area contributed by atoms with Crippen molar-refractivity contribution < 1.29 is 13.2 Å². The van der Waals surface area contributed by atoms with Gasteiger partial charge in [0.25, 0.3) is 5.91 Å². The number of carbonyl (C=O) groups excluding carboxylic acids is 1. The molecule has 0 radical (unpaired) electrons. The van der Waals surface area contributed by atoms with Crippen molar-refractivity contribution in [1.29, 1.82) is 0 Å². The van der Waals surface area contributed by atoms with Crippen LogP contribution in [-0.2, 0) is 10.0 Å². The summed E-state index contributed by atoms with van der Waals surface area (Å²) in [7, 11) is -3.54. The Hall–Kier alpha value is -2.22. The number of carbonyl (C=O) groups is 1. The maximum absolute atomic E-state index is 13.1. The summed E-state index contributed by atoms with van der Waals surface area (Å²) in [4.78, 5) is 12.8. The number of nitrogens with one attached hydrogen (secondary N) is 1. The SMILES string of the molecule is CC[C@H]1CCCCN1S(=O)(=O)c1ccc(C(=O)Nc2ccc3sccc3c2)cc1. The average molecular weight is 429 g/mol. The first kappa shape index (κ1) is 20.1. The molecule has 0 bridgehead atoms. The Morgan fingerprint density at radius 1 is 1.14 bits per heavy atom. The number of hydrogen-bond donors (Lipinski definition) is 1. The minimum Gasteiger partial charge on any atom is -0.322 e. The Balaban J connectivity index is 1.51. The van der Waals surface area contributed by atoms with Crippen LogP contribution in [0.5, 0.6) is 0 Å². The molecule has 7 heteroatoms. The Kier molecular flexibility index (Phi) is 5.72. The van der Waals surface area contributed by atoms with Crippen LogP contribution in [0.4, 0.5) is 5.69 Å². The van der Waals surface area contributed by atoms with Gasteiger partial charge in [-0.15, -0.1) is 11.3 Å². The number of amides is 1. The van der Waals surface area contributed by atoms with E-state index in [0.717, 1.165) is 36.8 Å². The van der Waals surface area contributed by atoms with Crippen LogP contribution in [-0.4, -0.2) is 31.2 Å². The zero-order chi connectivity index (χ0) is 20.4. The third kappa shape index (κ3) is 4.08. The molecule has 29 heavy (non-hydrogen) atoms. The number of nitrogens with zero attached hydrogens (tertiary/aromatic N) is 1. The highest BCUT2D eigenvalue weighted by Crippen LogP contribution is 2.28. The summed E-state index contributed by atoms with van der Waals surface area (Å²) in [6, 6.07) is 14.1. The first-order valence-electron chi connectivity index (χ1n) is 9.89. The van der Waals surface area contributed by atoms with Crippen LogP contribution in [0.2, 0.25) is 0 Å². The number of piperidine rings is 1. The normalized spacial score (nSPS) is 18.0. The summed E-state index contributed by atoms with van der Waals surface area (Å²) < 4.78 is 28.9. The molecule has 5 nitrogen and oxygen atoms in total. The largest absolute Gasteiger partial charge is 0.322 e. The van der Waals surface area contributed by atoms with E-state index < -0.39 is 10.0 Å². The van der Waals surface area contributed by atoms with Crippen molar-refractivity contribution >= 4 is 43.0 Å². The fraction of sp³-hybridized carbons (Fsp3) is 0.318. The predicted molar refractivity (Wildman–Crippen MR) is 118 cm³/mol. The Morgan fingerprint density at radius 2 is 1.93 bits per heavy atom. The molecule has 1 N–H and O–H groups in total. The van der Waals surface area contributed by atoms with E-state index in [9.17, 15) is 13.2 Å². The van der Waals surface area contributed by atoms with Gasteiger partial charge < -0.3 is 5.32 Å². The van der Waals surface area contributed by atoms with Gasteiger partial charge in [0.15, 0.2) is 0 Å². The van der Waals surface area contributed by atoms with Gasteiger partial charge in [0, 0.05) is 28.5 Å². The van der Waals surface area contributed by atoms with Gasteiger partial charge in [0.2, 0.25) is 10.0 Å². The topological polar surface area (TPSA) is 66.5 Å². The second-order valence-electron chi connectivity index (χ2n) is 7.33. The molecule has 1 aromatic heterocycles. The second-order valence-corrected chi connectivity index (χ2v) is 10.2. The van der Waals surface area contributed by atoms with Gasteiger partial charge in [-0.1, -0.05) is 13.3 Å². The molecule has 0 spiro atoms. The highest BCUT2D eigenvalue weighted by atomic mass is 32.2. The molecule has 2 aromatic carbocycles. The Morgan fingerprint density at radius 3 is 2.69 bits per heavy atom. The maximum atomic E-state index is 13.1. The predicted octanol–water partition coefficient (Wildman–Crippen LogP) is 5.11. The van der Waals surface area contributed by atoms with Crippen molar-refractivity contribution in [2.75, 3.05) is 11.9 Å². The minimum atomic E-state index is -3.54. The quantitative estimate of drug-likeness (QED) is 0.614. The van der Waals surface area contributed by atoms with Crippen LogP contribution in [0.3, 0.4) is 0 Å². The highest BCUT2D eigenvalue weighted by molar-refractivity contribution is 7.89. The lowest BCUT2D eigenvalue weighted by atomic mass is 10.0. The first-order valence-corrected chi connectivity index (χ1v) is 12.2. The number of benzene rings is 2. The maximum Gasteiger partial charge on any atom is 0.255 e. The average Bonchev–Trinajstić information content (AvgIpc) is 3.21. The molecule has 1 aliphatic heterocycles. The van der Waals surface area contributed by atoms with Gasteiger partial charge in [0.1, 0.15) is 0 Å². The summed E-state index contributed by atoms with van der Waals surface area (Å²) in [6.07, 6.45) is 3.68. The van der Waals surface area contributed by atoms with Crippen molar-refractivity contribution in [3.05, 3.63) is 59.5 Å². The van der Waals surface area contributed by atoms with Gasteiger partial charge in [-0.05, 0) is 78.6 Å². The summed E-state index contributed by atoms with van der Waals surface area (Å²) in [5.41, 5.74) is 1.15. The van der Waals surface area contributed by atoms with Crippen molar-refractivity contribution in [2.45, 2.75) is 43.5 Å². The third-order valence-corrected chi connectivity index (χ3v) is 8.34. The molecule has 3 aromatic rings. The Labute approximate surface area is 175 Å². The zero-order valence-electron chi connectivity index (χ0n) is 16.3. The molecular weight excluding hydrogens is 404 g/mol. The third-order valence-electron chi connectivity index (χ3n) is 5.48. The van der Waals surface area contributed by atoms with Crippen molar-refractivity contribution in [3.8, 4) is 0 Å². The van der Waals surface area contributed by atoms with E-state index in [2.05, 4.69) is 5.32 Å². The fourth-order valence-electron chi connectivity index (χ4n) is 3.86. The van der Waals surface area contributed by atoms with Crippen LogP contribution in [0.15, 0.2) is 58.8 Å². The second kappa shape index (κ2) is 8.26. The van der Waals surface area contributed by atoms with Crippen molar-refractivity contribution in [1.82, 2.24) is 4.31 Å². The van der Waals surface area contributed by atoms with Gasteiger partial charge in [-0.25, -0.2) is 8.42 Å². The monoisotopic (exact) mass is 428 g/mol. The van der Waals surface area contributed by atoms with E-state index in [1.165, 1.54) is 16.8 Å². The molecule has 0 unspecified atom stereocenters. The van der Waals surface area contributed by atoms with Crippen LogP contribution < -0.4 is 5.32 Å². The molecule has 1 amide bonds. The zero-order valence-corrected chi connectivity index (χ0v) is 17.9. The van der Waals surface area contributed by atoms with Crippen LogP contribution >= 0.6 is 11.3 Å². The molecule has 1 atom stereocenters. The molecule has 1 saturated heterocycles. The number of thiophene rings is 1. The van der Waals surface area contributed by atoms with Crippen LogP contribution in [0.25, 0.3) is 10.1 Å². The van der Waals surface area contributed by atoms with Gasteiger partial charge >= 0.3 is 0 Å². The molecule has 1 aliphatic rings. The Bertz CT molecular complexity index is 1120. The van der Waals surface area contributed by atoms with Crippen molar-refractivity contribution in [2.24, 2.45) is 0 Å². The number of rotatable bonds is 5. The standard InChI is InChI=1S/C22H24N2O3S2/c1-2-19-5-3-4-13-24(19)29(26,27)20-9-6-16(7-10-20)22(25)23-18-8-11-21-17(15-18)12-14-28-21/h6-12,14-15,19H,2-5,13H2,1H3,(H,23,25)/t19-/m0/s1. The van der Waals surface area contributed by atoms with Gasteiger partial charge in [-0.2, -0.15) is 4.31 Å². The number of anilines is 1. The summed E-state index contributed by atoms with van der Waals surface area (Å²) >= 11 is 1.65. The number of fused-ring (bicyclic) bond motifs is 1. The molecule has 152 valence electrons. The van der Waals surface area contributed by atoms with E-state index in [4.69, 9.17) is 0 Å². The molecule has 4 rings (SSSR count). The molecule has 0 aliphatic carbocycles. The summed E-state index contributed by atoms with van der Waals surface area (Å²) in [6.45, 7) is 2.59. The van der Waals surface area contributed by atoms with Crippen LogP contribution in [0.1, 0.15) is 43.0 Å². The first-order chi connectivity index (χ1) is 14.0. The molecule has 0 saturated carbocycles. The summed E-state index contributed by atoms with van der Waals surface area (Å²) in [5, 5.41) is 5.98. The van der Waals surface area contributed by atoms with E-state index in [1.807, 2.05) is 36.6 Å². The minimum absolute atomic E-state index is 0.0590. The molecular formula is C22H24N2O3S2. The number of sulfonamides is 1. The highest BCUT2D eigenvalue weighted by Gasteiger charge is 2.32. The van der Waals surface area contributed by atoms with Crippen LogP contribution in [0, 0.1) is 0 Å². The summed E-state index contributed by atoms with van der Waals surface area (Å²) in [5.74, 6) is -0.257. The van der Waals surface area contributed by atoms with E-state index in [-0.39, 0.29) is 16.8 Å².